The van der Waals surface area contributed by atoms with Gasteiger partial charge in [0.05, 0.1) is 19.8 Å². The van der Waals surface area contributed by atoms with E-state index >= 15 is 0 Å². The third kappa shape index (κ3) is 4.62. The van der Waals surface area contributed by atoms with Crippen molar-refractivity contribution in [1.82, 2.24) is 10.2 Å². The van der Waals surface area contributed by atoms with Crippen molar-refractivity contribution in [2.75, 3.05) is 40.0 Å². The van der Waals surface area contributed by atoms with Crippen molar-refractivity contribution in [2.24, 2.45) is 0 Å². The molecule has 2 aromatic rings. The number of carbonyl (C=O) groups is 3. The van der Waals surface area contributed by atoms with Crippen LogP contribution in [0.5, 0.6) is 0 Å². The maximum atomic E-state index is 13.2. The number of carbonyl (C=O) groups excluding carboxylic acids is 2. The number of aliphatic carboxylic acids is 1. The Morgan fingerprint density at radius 2 is 1.74 bits per heavy atom. The van der Waals surface area contributed by atoms with E-state index in [4.69, 9.17) is 14.2 Å². The number of methoxy groups -OCH3 is 1. The fourth-order valence-electron chi connectivity index (χ4n) is 4.63. The SMILES string of the molecule is COCC(C)(NC(=O)OCC1c2ccccc2-c2ccccc21)C(=O)N1CCOC(C(=O)O)C1. The maximum absolute atomic E-state index is 13.2. The molecule has 1 aliphatic carbocycles. The van der Waals surface area contributed by atoms with Gasteiger partial charge in [0, 0.05) is 19.6 Å². The minimum atomic E-state index is -1.43. The Kier molecular flexibility index (Phi) is 6.85. The summed E-state index contributed by atoms with van der Waals surface area (Å²) < 4.78 is 16.0. The van der Waals surface area contributed by atoms with Gasteiger partial charge in [-0.3, -0.25) is 4.79 Å². The van der Waals surface area contributed by atoms with Gasteiger partial charge >= 0.3 is 12.1 Å². The predicted octanol–water partition coefficient (Wildman–Crippen LogP) is 2.24. The molecule has 180 valence electrons. The molecule has 2 atom stereocenters. The van der Waals surface area contributed by atoms with Gasteiger partial charge in [-0.15, -0.1) is 0 Å². The minimum Gasteiger partial charge on any atom is -0.479 e. The van der Waals surface area contributed by atoms with Crippen LogP contribution in [0.2, 0.25) is 0 Å². The number of amides is 2. The molecule has 9 nitrogen and oxygen atoms in total. The maximum Gasteiger partial charge on any atom is 0.408 e. The zero-order valence-electron chi connectivity index (χ0n) is 19.2. The van der Waals surface area contributed by atoms with Crippen LogP contribution in [0.25, 0.3) is 11.1 Å². The second-order valence-electron chi connectivity index (χ2n) is 8.66. The van der Waals surface area contributed by atoms with Crippen molar-refractivity contribution in [3.8, 4) is 11.1 Å². The molecule has 1 fully saturated rings. The summed E-state index contributed by atoms with van der Waals surface area (Å²) in [7, 11) is 1.42. The molecule has 0 saturated carbocycles. The lowest BCUT2D eigenvalue weighted by molar-refractivity contribution is -0.161. The molecule has 0 aromatic heterocycles. The molecule has 2 aliphatic rings. The van der Waals surface area contributed by atoms with Gasteiger partial charge in [0.15, 0.2) is 6.10 Å². The number of hydrogen-bond acceptors (Lipinski definition) is 6. The van der Waals surface area contributed by atoms with E-state index in [0.717, 1.165) is 22.3 Å². The molecule has 1 heterocycles. The lowest BCUT2D eigenvalue weighted by Crippen LogP contribution is -2.63. The van der Waals surface area contributed by atoms with Crippen LogP contribution in [0.4, 0.5) is 4.79 Å². The van der Waals surface area contributed by atoms with Gasteiger partial charge in [-0.05, 0) is 29.2 Å². The first-order valence-corrected chi connectivity index (χ1v) is 11.1. The molecule has 2 amide bonds. The van der Waals surface area contributed by atoms with Crippen molar-refractivity contribution in [3.05, 3.63) is 59.7 Å². The summed E-state index contributed by atoms with van der Waals surface area (Å²) in [6.07, 6.45) is -1.86. The van der Waals surface area contributed by atoms with Crippen LogP contribution in [0.15, 0.2) is 48.5 Å². The number of benzene rings is 2. The van der Waals surface area contributed by atoms with E-state index < -0.39 is 29.6 Å². The fraction of sp³-hybridized carbons (Fsp3) is 0.400. The molecule has 9 heteroatoms. The summed E-state index contributed by atoms with van der Waals surface area (Å²) in [5, 5.41) is 11.9. The Bertz CT molecular complexity index is 1040. The molecular weight excluding hydrogens is 440 g/mol. The lowest BCUT2D eigenvalue weighted by Gasteiger charge is -2.37. The van der Waals surface area contributed by atoms with Gasteiger partial charge in [-0.2, -0.15) is 0 Å². The molecule has 0 spiro atoms. The summed E-state index contributed by atoms with van der Waals surface area (Å²) in [5.74, 6) is -1.72. The minimum absolute atomic E-state index is 0.0940. The molecular formula is C25H28N2O7. The normalized spacial score (nSPS) is 19.0. The smallest absolute Gasteiger partial charge is 0.408 e. The number of morpholine rings is 1. The molecule has 0 bridgehead atoms. The molecule has 0 radical (unpaired) electrons. The Labute approximate surface area is 197 Å². The molecule has 1 saturated heterocycles. The first kappa shape index (κ1) is 23.7. The largest absolute Gasteiger partial charge is 0.479 e. The first-order valence-electron chi connectivity index (χ1n) is 11.1. The average Bonchev–Trinajstić information content (AvgIpc) is 3.16. The number of alkyl carbamates (subject to hydrolysis) is 1. The summed E-state index contributed by atoms with van der Waals surface area (Å²) in [4.78, 5) is 38.7. The van der Waals surface area contributed by atoms with Crippen LogP contribution >= 0.6 is 0 Å². The summed E-state index contributed by atoms with van der Waals surface area (Å²) >= 11 is 0. The highest BCUT2D eigenvalue weighted by Gasteiger charge is 2.42. The van der Waals surface area contributed by atoms with Gasteiger partial charge in [-0.25, -0.2) is 9.59 Å². The molecule has 34 heavy (non-hydrogen) atoms. The van der Waals surface area contributed by atoms with Gasteiger partial charge < -0.3 is 29.5 Å². The molecule has 1 aliphatic heterocycles. The van der Waals surface area contributed by atoms with E-state index in [2.05, 4.69) is 17.4 Å². The van der Waals surface area contributed by atoms with Crippen molar-refractivity contribution in [3.63, 3.8) is 0 Å². The van der Waals surface area contributed by atoms with Crippen LogP contribution in [0.3, 0.4) is 0 Å². The van der Waals surface area contributed by atoms with Crippen molar-refractivity contribution < 1.29 is 33.7 Å². The number of nitrogens with zero attached hydrogens (tertiary/aromatic N) is 1. The molecule has 2 unspecified atom stereocenters. The van der Waals surface area contributed by atoms with Crippen molar-refractivity contribution >= 4 is 18.0 Å². The Morgan fingerprint density at radius 1 is 1.12 bits per heavy atom. The van der Waals surface area contributed by atoms with Crippen LogP contribution in [-0.4, -0.2) is 79.6 Å². The fourth-order valence-corrected chi connectivity index (χ4v) is 4.63. The number of rotatable bonds is 7. The number of fused-ring (bicyclic) bond motifs is 3. The van der Waals surface area contributed by atoms with Crippen LogP contribution in [0, 0.1) is 0 Å². The standard InChI is InChI=1S/C25H28N2O7/c1-25(15-32-2,23(30)27-11-12-33-21(13-27)22(28)29)26-24(31)34-14-20-18-9-5-3-7-16(18)17-8-4-6-10-19(17)20/h3-10,20-21H,11-15H2,1-2H3,(H,26,31)(H,28,29). The Hall–Kier alpha value is -3.43. The molecule has 4 rings (SSSR count). The summed E-state index contributed by atoms with van der Waals surface area (Å²) in [6, 6.07) is 16.0. The number of hydrogen-bond donors (Lipinski definition) is 2. The van der Waals surface area contributed by atoms with E-state index in [1.54, 1.807) is 0 Å². The second kappa shape index (κ2) is 9.82. The van der Waals surface area contributed by atoms with Crippen LogP contribution < -0.4 is 5.32 Å². The van der Waals surface area contributed by atoms with E-state index in [-0.39, 0.29) is 38.8 Å². The highest BCUT2D eigenvalue weighted by atomic mass is 16.6. The van der Waals surface area contributed by atoms with Crippen LogP contribution in [-0.2, 0) is 23.8 Å². The molecule has 2 aromatic carbocycles. The number of carboxylic acid groups (broad SMARTS) is 1. The van der Waals surface area contributed by atoms with Gasteiger partial charge in [0.2, 0.25) is 0 Å². The van der Waals surface area contributed by atoms with E-state index in [1.165, 1.54) is 18.9 Å². The highest BCUT2D eigenvalue weighted by Crippen LogP contribution is 2.44. The zero-order valence-corrected chi connectivity index (χ0v) is 19.2. The van der Waals surface area contributed by atoms with Gasteiger partial charge in [-0.1, -0.05) is 48.5 Å². The first-order chi connectivity index (χ1) is 16.3. The number of nitrogens with one attached hydrogen (secondary N) is 1. The van der Waals surface area contributed by atoms with Gasteiger partial charge in [0.1, 0.15) is 12.1 Å². The van der Waals surface area contributed by atoms with E-state index in [9.17, 15) is 19.5 Å². The Balaban J connectivity index is 1.44. The number of ether oxygens (including phenoxy) is 3. The van der Waals surface area contributed by atoms with Gasteiger partial charge in [0.25, 0.3) is 5.91 Å². The summed E-state index contributed by atoms with van der Waals surface area (Å²) in [6.45, 7) is 1.73. The highest BCUT2D eigenvalue weighted by molar-refractivity contribution is 5.90. The lowest BCUT2D eigenvalue weighted by atomic mass is 9.98. The van der Waals surface area contributed by atoms with Crippen molar-refractivity contribution in [2.45, 2.75) is 24.5 Å². The number of carboxylic acids is 1. The third-order valence-electron chi connectivity index (χ3n) is 6.26. The van der Waals surface area contributed by atoms with E-state index in [1.807, 2.05) is 36.4 Å². The zero-order chi connectivity index (χ0) is 24.3. The monoisotopic (exact) mass is 468 g/mol. The third-order valence-corrected chi connectivity index (χ3v) is 6.26. The predicted molar refractivity (Wildman–Crippen MR) is 122 cm³/mol. The van der Waals surface area contributed by atoms with Crippen LogP contribution in [0.1, 0.15) is 24.0 Å². The second-order valence-corrected chi connectivity index (χ2v) is 8.66. The van der Waals surface area contributed by atoms with E-state index in [0.29, 0.717) is 0 Å². The Morgan fingerprint density at radius 3 is 2.32 bits per heavy atom. The summed E-state index contributed by atoms with van der Waals surface area (Å²) in [5.41, 5.74) is 2.97. The topological polar surface area (TPSA) is 114 Å². The quantitative estimate of drug-likeness (QED) is 0.641. The average molecular weight is 469 g/mol. The van der Waals surface area contributed by atoms with Crippen molar-refractivity contribution in [1.29, 1.82) is 0 Å². The molecule has 2 N–H and O–H groups in total.